The summed E-state index contributed by atoms with van der Waals surface area (Å²) in [7, 11) is -0.797. The van der Waals surface area contributed by atoms with Crippen molar-refractivity contribution in [1.29, 1.82) is 0 Å². The first kappa shape index (κ1) is 24.3. The SMILES string of the molecule is Cc1cccc(C)c1-n1c(SCCC(F)(F)F)nnc1-c1cccc(S(=O)(=O)N(C)C)c1. The first-order valence-electron chi connectivity index (χ1n) is 9.66. The molecule has 3 aromatic rings. The smallest absolute Gasteiger partial charge is 0.269 e. The van der Waals surface area contributed by atoms with Gasteiger partial charge >= 0.3 is 6.18 Å². The van der Waals surface area contributed by atoms with Crippen LogP contribution in [0.4, 0.5) is 13.2 Å². The van der Waals surface area contributed by atoms with E-state index in [9.17, 15) is 21.6 Å². The standard InChI is InChI=1S/C21H23F3N4O2S2/c1-14-7-5-8-15(2)18(14)28-19(25-26-20(28)31-12-11-21(22,23)24)16-9-6-10-17(13-16)32(29,30)27(3)4/h5-10,13H,11-12H2,1-4H3. The molecule has 0 aliphatic rings. The Kier molecular flexibility index (Phi) is 7.01. The first-order chi connectivity index (χ1) is 14.9. The molecule has 6 nitrogen and oxygen atoms in total. The number of hydrogen-bond donors (Lipinski definition) is 0. The molecule has 32 heavy (non-hydrogen) atoms. The highest BCUT2D eigenvalue weighted by Gasteiger charge is 2.28. The van der Waals surface area contributed by atoms with Crippen LogP contribution in [0, 0.1) is 13.8 Å². The van der Waals surface area contributed by atoms with Gasteiger partial charge in [-0.15, -0.1) is 10.2 Å². The number of alkyl halides is 3. The van der Waals surface area contributed by atoms with Crippen molar-refractivity contribution in [2.45, 2.75) is 36.5 Å². The highest BCUT2D eigenvalue weighted by molar-refractivity contribution is 7.99. The number of nitrogens with zero attached hydrogens (tertiary/aromatic N) is 4. The minimum Gasteiger partial charge on any atom is -0.269 e. The largest absolute Gasteiger partial charge is 0.389 e. The molecule has 3 rings (SSSR count). The number of aromatic nitrogens is 3. The number of benzene rings is 2. The summed E-state index contributed by atoms with van der Waals surface area (Å²) in [5.41, 5.74) is 3.02. The maximum Gasteiger partial charge on any atom is 0.389 e. The Morgan fingerprint density at radius 1 is 1.03 bits per heavy atom. The Hall–Kier alpha value is -2.37. The fourth-order valence-corrected chi connectivity index (χ4v) is 5.04. The summed E-state index contributed by atoms with van der Waals surface area (Å²) < 4.78 is 66.1. The molecule has 0 spiro atoms. The van der Waals surface area contributed by atoms with Gasteiger partial charge in [0.2, 0.25) is 10.0 Å². The van der Waals surface area contributed by atoms with E-state index in [0.29, 0.717) is 16.5 Å². The Morgan fingerprint density at radius 2 is 1.66 bits per heavy atom. The van der Waals surface area contributed by atoms with Gasteiger partial charge in [0.15, 0.2) is 11.0 Å². The lowest BCUT2D eigenvalue weighted by Gasteiger charge is -2.16. The number of para-hydroxylation sites is 1. The van der Waals surface area contributed by atoms with Crippen molar-refractivity contribution in [3.8, 4) is 17.1 Å². The molecule has 0 radical (unpaired) electrons. The van der Waals surface area contributed by atoms with Crippen LogP contribution in [0.15, 0.2) is 52.5 Å². The highest BCUT2D eigenvalue weighted by atomic mass is 32.2. The minimum absolute atomic E-state index is 0.0855. The van der Waals surface area contributed by atoms with Gasteiger partial charge in [-0.25, -0.2) is 12.7 Å². The van der Waals surface area contributed by atoms with Gasteiger partial charge in [0.25, 0.3) is 0 Å². The molecule has 0 fully saturated rings. The van der Waals surface area contributed by atoms with Crippen molar-refractivity contribution < 1.29 is 21.6 Å². The van der Waals surface area contributed by atoms with E-state index in [0.717, 1.165) is 32.9 Å². The predicted octanol–water partition coefficient (Wildman–Crippen LogP) is 4.85. The third-order valence-electron chi connectivity index (χ3n) is 4.78. The molecule has 1 aromatic heterocycles. The van der Waals surface area contributed by atoms with Crippen LogP contribution in [0.25, 0.3) is 17.1 Å². The lowest BCUT2D eigenvalue weighted by molar-refractivity contribution is -0.129. The van der Waals surface area contributed by atoms with Crippen molar-refractivity contribution in [2.24, 2.45) is 0 Å². The molecule has 2 aromatic carbocycles. The summed E-state index contributed by atoms with van der Waals surface area (Å²) in [6.45, 7) is 3.78. The summed E-state index contributed by atoms with van der Waals surface area (Å²) in [6.07, 6.45) is -5.22. The average molecular weight is 485 g/mol. The summed E-state index contributed by atoms with van der Waals surface area (Å²) >= 11 is 0.959. The molecule has 172 valence electrons. The Labute approximate surface area is 189 Å². The number of hydrogen-bond acceptors (Lipinski definition) is 5. The van der Waals surface area contributed by atoms with E-state index in [1.807, 2.05) is 32.0 Å². The van der Waals surface area contributed by atoms with Crippen LogP contribution in [-0.2, 0) is 10.0 Å². The van der Waals surface area contributed by atoms with Gasteiger partial charge in [-0.3, -0.25) is 4.57 Å². The van der Waals surface area contributed by atoms with Crippen LogP contribution < -0.4 is 0 Å². The van der Waals surface area contributed by atoms with Crippen LogP contribution in [0.2, 0.25) is 0 Å². The fraction of sp³-hybridized carbons (Fsp3) is 0.333. The van der Waals surface area contributed by atoms with Gasteiger partial charge < -0.3 is 0 Å². The normalized spacial score (nSPS) is 12.5. The number of rotatable bonds is 7. The predicted molar refractivity (Wildman–Crippen MR) is 119 cm³/mol. The van der Waals surface area contributed by atoms with Crippen molar-refractivity contribution in [3.05, 3.63) is 53.6 Å². The van der Waals surface area contributed by atoms with Crippen LogP contribution in [0.3, 0.4) is 0 Å². The van der Waals surface area contributed by atoms with Gasteiger partial charge in [-0.1, -0.05) is 42.1 Å². The second-order valence-electron chi connectivity index (χ2n) is 7.41. The molecule has 11 heteroatoms. The van der Waals surface area contributed by atoms with E-state index >= 15 is 0 Å². The minimum atomic E-state index is -4.27. The molecule has 0 N–H and O–H groups in total. The lowest BCUT2D eigenvalue weighted by Crippen LogP contribution is -2.22. The topological polar surface area (TPSA) is 68.1 Å². The zero-order chi connectivity index (χ0) is 23.7. The quantitative estimate of drug-likeness (QED) is 0.449. The number of halogens is 3. The monoisotopic (exact) mass is 484 g/mol. The third kappa shape index (κ3) is 5.16. The Bertz CT molecular complexity index is 1200. The van der Waals surface area contributed by atoms with Gasteiger partial charge in [0, 0.05) is 25.4 Å². The Morgan fingerprint density at radius 3 is 2.25 bits per heavy atom. The van der Waals surface area contributed by atoms with Crippen molar-refractivity contribution >= 4 is 21.8 Å². The molecule has 0 saturated carbocycles. The van der Waals surface area contributed by atoms with E-state index in [1.165, 1.54) is 26.2 Å². The van der Waals surface area contributed by atoms with E-state index in [1.54, 1.807) is 16.7 Å². The molecule has 0 aliphatic carbocycles. The second kappa shape index (κ2) is 9.24. The lowest BCUT2D eigenvalue weighted by atomic mass is 10.1. The fourth-order valence-electron chi connectivity index (χ4n) is 3.17. The summed E-state index contributed by atoms with van der Waals surface area (Å²) in [5, 5.41) is 8.68. The zero-order valence-corrected chi connectivity index (χ0v) is 19.6. The van der Waals surface area contributed by atoms with E-state index < -0.39 is 22.6 Å². The molecule has 0 atom stereocenters. The van der Waals surface area contributed by atoms with Crippen molar-refractivity contribution in [2.75, 3.05) is 19.8 Å². The van der Waals surface area contributed by atoms with Gasteiger partial charge in [-0.05, 0) is 37.1 Å². The summed E-state index contributed by atoms with van der Waals surface area (Å²) in [4.78, 5) is 0.0855. The molecular formula is C21H23F3N4O2S2. The van der Waals surface area contributed by atoms with Crippen LogP contribution in [0.5, 0.6) is 0 Å². The average Bonchev–Trinajstić information content (AvgIpc) is 3.10. The summed E-state index contributed by atoms with van der Waals surface area (Å²) in [6, 6.07) is 12.0. The van der Waals surface area contributed by atoms with Crippen LogP contribution >= 0.6 is 11.8 Å². The van der Waals surface area contributed by atoms with Gasteiger partial charge in [-0.2, -0.15) is 13.2 Å². The van der Waals surface area contributed by atoms with E-state index in [-0.39, 0.29) is 10.6 Å². The molecular weight excluding hydrogens is 461 g/mol. The molecule has 0 saturated heterocycles. The highest BCUT2D eigenvalue weighted by Crippen LogP contribution is 2.33. The zero-order valence-electron chi connectivity index (χ0n) is 18.0. The van der Waals surface area contributed by atoms with E-state index in [4.69, 9.17) is 0 Å². The molecule has 1 heterocycles. The first-order valence-corrected chi connectivity index (χ1v) is 12.1. The van der Waals surface area contributed by atoms with E-state index in [2.05, 4.69) is 10.2 Å². The summed E-state index contributed by atoms with van der Waals surface area (Å²) in [5.74, 6) is 0.148. The van der Waals surface area contributed by atoms with Crippen molar-refractivity contribution in [3.63, 3.8) is 0 Å². The maximum atomic E-state index is 12.7. The molecule has 0 bridgehead atoms. The van der Waals surface area contributed by atoms with Crippen molar-refractivity contribution in [1.82, 2.24) is 19.1 Å². The number of thioether (sulfide) groups is 1. The van der Waals surface area contributed by atoms with Crippen LogP contribution in [0.1, 0.15) is 17.5 Å². The molecule has 0 amide bonds. The number of aryl methyl sites for hydroxylation is 2. The van der Waals surface area contributed by atoms with Gasteiger partial charge in [0.1, 0.15) is 0 Å². The molecule has 0 aliphatic heterocycles. The van der Waals surface area contributed by atoms with Gasteiger partial charge in [0.05, 0.1) is 17.0 Å². The maximum absolute atomic E-state index is 12.7. The van der Waals surface area contributed by atoms with Crippen LogP contribution in [-0.4, -0.2) is 53.5 Å². The molecule has 0 unspecified atom stereocenters. The Balaban J connectivity index is 2.16. The number of sulfonamides is 1. The second-order valence-corrected chi connectivity index (χ2v) is 10.6. The third-order valence-corrected chi connectivity index (χ3v) is 7.53.